The molecule has 0 radical (unpaired) electrons. The van der Waals surface area contributed by atoms with E-state index in [4.69, 9.17) is 33.9 Å². The van der Waals surface area contributed by atoms with E-state index in [1.165, 1.54) is 17.7 Å². The third-order valence-corrected chi connectivity index (χ3v) is 4.10. The lowest BCUT2D eigenvalue weighted by Gasteiger charge is -2.27. The minimum Gasteiger partial charge on any atom is -0.397 e. The van der Waals surface area contributed by atoms with Crippen LogP contribution in [0.25, 0.3) is 0 Å². The van der Waals surface area contributed by atoms with Gasteiger partial charge in [-0.1, -0.05) is 59.2 Å². The fourth-order valence-electron chi connectivity index (χ4n) is 2.25. The van der Waals surface area contributed by atoms with E-state index in [9.17, 15) is 0 Å². The standard InChI is InChI=1S/C14H24N2.C6H5ClN2/c1-13(2,3)9-7-10(14(4,5)6)12(16)11(15)8-9;7-4-1-2-5(8)6(9)3-4/h7-8H,15-16H2,1-6H3;1-3,8-9H. The van der Waals surface area contributed by atoms with Crippen LogP contribution in [0.2, 0.25) is 0 Å². The van der Waals surface area contributed by atoms with E-state index < -0.39 is 0 Å². The Balaban J connectivity index is 0.000000293. The summed E-state index contributed by atoms with van der Waals surface area (Å²) in [7, 11) is 0. The molecule has 0 fully saturated rings. The van der Waals surface area contributed by atoms with Crippen LogP contribution in [-0.2, 0) is 10.8 Å². The molecule has 0 heterocycles. The number of hydrogen-bond donors (Lipinski definition) is 4. The molecule has 1 aliphatic carbocycles. The van der Waals surface area contributed by atoms with E-state index in [1.54, 1.807) is 6.08 Å². The quantitative estimate of drug-likeness (QED) is 0.379. The van der Waals surface area contributed by atoms with Crippen molar-refractivity contribution in [3.8, 4) is 0 Å². The minimum absolute atomic E-state index is 0.0272. The van der Waals surface area contributed by atoms with E-state index in [0.717, 1.165) is 11.3 Å². The molecule has 1 aromatic carbocycles. The summed E-state index contributed by atoms with van der Waals surface area (Å²) in [4.78, 5) is 0. The number of hydrogen-bond acceptors (Lipinski definition) is 4. The minimum atomic E-state index is 0.0272. The summed E-state index contributed by atoms with van der Waals surface area (Å²) in [5.41, 5.74) is 16.3. The van der Waals surface area contributed by atoms with Crippen LogP contribution in [0.5, 0.6) is 0 Å². The van der Waals surface area contributed by atoms with E-state index in [-0.39, 0.29) is 22.3 Å². The lowest BCUT2D eigenvalue weighted by Crippen LogP contribution is -2.19. The van der Waals surface area contributed by atoms with Crippen molar-refractivity contribution >= 4 is 34.4 Å². The third kappa shape index (κ3) is 5.75. The van der Waals surface area contributed by atoms with Crippen LogP contribution in [-0.4, -0.2) is 11.4 Å². The molecule has 0 spiro atoms. The topological polar surface area (TPSA) is 99.7 Å². The lowest BCUT2D eigenvalue weighted by molar-refractivity contribution is 0.570. The van der Waals surface area contributed by atoms with Gasteiger partial charge < -0.3 is 11.5 Å². The second-order valence-corrected chi connectivity index (χ2v) is 8.65. The molecular formula is C20H29ClN4. The summed E-state index contributed by atoms with van der Waals surface area (Å²) in [6.07, 6.45) is 4.55. The molecule has 4 nitrogen and oxygen atoms in total. The predicted octanol–water partition coefficient (Wildman–Crippen LogP) is 5.16. The van der Waals surface area contributed by atoms with Gasteiger partial charge in [0.15, 0.2) is 0 Å². The van der Waals surface area contributed by atoms with Gasteiger partial charge in [0.05, 0.1) is 22.8 Å². The average Bonchev–Trinajstić information content (AvgIpc) is 2.44. The van der Waals surface area contributed by atoms with Gasteiger partial charge >= 0.3 is 0 Å². The number of nitrogens with two attached hydrogens (primary N) is 2. The third-order valence-electron chi connectivity index (χ3n) is 3.87. The van der Waals surface area contributed by atoms with Gasteiger partial charge in [-0.05, 0) is 46.3 Å². The molecule has 2 rings (SSSR count). The van der Waals surface area contributed by atoms with Crippen LogP contribution in [0, 0.1) is 10.8 Å². The fourth-order valence-corrected chi connectivity index (χ4v) is 2.42. The van der Waals surface area contributed by atoms with Gasteiger partial charge in [-0.3, -0.25) is 10.8 Å². The van der Waals surface area contributed by atoms with Gasteiger partial charge in [-0.15, -0.1) is 0 Å². The highest BCUT2D eigenvalue weighted by Gasteiger charge is 2.22. The van der Waals surface area contributed by atoms with E-state index in [2.05, 4.69) is 47.6 Å². The summed E-state index contributed by atoms with van der Waals surface area (Å²) in [5, 5.41) is 14.7. The van der Waals surface area contributed by atoms with Crippen molar-refractivity contribution in [3.05, 3.63) is 46.5 Å². The van der Waals surface area contributed by atoms with Gasteiger partial charge in [-0.25, -0.2) is 0 Å². The molecule has 6 N–H and O–H groups in total. The first-order valence-electron chi connectivity index (χ1n) is 8.16. The van der Waals surface area contributed by atoms with Gasteiger partial charge in [-0.2, -0.15) is 0 Å². The predicted molar refractivity (Wildman–Crippen MR) is 111 cm³/mol. The summed E-state index contributed by atoms with van der Waals surface area (Å²) in [5.74, 6) is 0. The van der Waals surface area contributed by atoms with Gasteiger partial charge in [0, 0.05) is 5.03 Å². The molecular weight excluding hydrogens is 332 g/mol. The number of anilines is 2. The molecule has 1 aliphatic rings. The van der Waals surface area contributed by atoms with Crippen molar-refractivity contribution in [1.29, 1.82) is 10.8 Å². The van der Waals surface area contributed by atoms with Crippen LogP contribution < -0.4 is 11.5 Å². The fraction of sp³-hybridized carbons (Fsp3) is 0.400. The van der Waals surface area contributed by atoms with E-state index in [1.807, 2.05) is 6.07 Å². The number of allylic oxidation sites excluding steroid dienone is 4. The van der Waals surface area contributed by atoms with Crippen molar-refractivity contribution in [1.82, 2.24) is 0 Å². The molecule has 0 aliphatic heterocycles. The lowest BCUT2D eigenvalue weighted by atomic mass is 9.79. The molecule has 136 valence electrons. The largest absolute Gasteiger partial charge is 0.397 e. The Morgan fingerprint density at radius 3 is 1.80 bits per heavy atom. The molecule has 0 aromatic heterocycles. The number of nitrogen functional groups attached to an aromatic ring is 2. The van der Waals surface area contributed by atoms with Gasteiger partial charge in [0.25, 0.3) is 0 Å². The van der Waals surface area contributed by atoms with Crippen LogP contribution >= 0.6 is 11.6 Å². The summed E-state index contributed by atoms with van der Waals surface area (Å²) in [6, 6.07) is 4.18. The van der Waals surface area contributed by atoms with Crippen molar-refractivity contribution in [2.24, 2.45) is 0 Å². The highest BCUT2D eigenvalue weighted by molar-refractivity contribution is 6.51. The van der Waals surface area contributed by atoms with E-state index in [0.29, 0.717) is 10.7 Å². The number of halogens is 1. The smallest absolute Gasteiger partial charge is 0.0804 e. The zero-order valence-electron chi connectivity index (χ0n) is 15.9. The Bertz CT molecular complexity index is 744. The molecule has 0 saturated carbocycles. The summed E-state index contributed by atoms with van der Waals surface area (Å²) < 4.78 is 0. The molecule has 0 atom stereocenters. The van der Waals surface area contributed by atoms with Crippen molar-refractivity contribution in [2.75, 3.05) is 11.5 Å². The first kappa shape index (κ1) is 21.0. The molecule has 0 bridgehead atoms. The number of benzene rings is 1. The highest BCUT2D eigenvalue weighted by Crippen LogP contribution is 2.36. The molecule has 0 amide bonds. The Labute approximate surface area is 156 Å². The van der Waals surface area contributed by atoms with Crippen LogP contribution in [0.1, 0.15) is 52.7 Å². The maximum Gasteiger partial charge on any atom is 0.0804 e. The highest BCUT2D eigenvalue weighted by atomic mass is 35.5. The molecule has 5 heteroatoms. The molecule has 25 heavy (non-hydrogen) atoms. The first-order valence-corrected chi connectivity index (χ1v) is 8.54. The summed E-state index contributed by atoms with van der Waals surface area (Å²) in [6.45, 7) is 13.0. The van der Waals surface area contributed by atoms with E-state index >= 15 is 0 Å². The Morgan fingerprint density at radius 1 is 0.840 bits per heavy atom. The first-order chi connectivity index (χ1) is 11.2. The average molecular weight is 361 g/mol. The maximum atomic E-state index is 7.09. The van der Waals surface area contributed by atoms with Gasteiger partial charge in [0.1, 0.15) is 0 Å². The Kier molecular flexibility index (Phi) is 6.24. The Morgan fingerprint density at radius 2 is 1.40 bits per heavy atom. The molecule has 0 unspecified atom stereocenters. The van der Waals surface area contributed by atoms with Crippen molar-refractivity contribution in [2.45, 2.75) is 52.4 Å². The second-order valence-electron chi connectivity index (χ2n) is 8.22. The number of nitrogens with one attached hydrogen (secondary N) is 2. The van der Waals surface area contributed by atoms with Crippen LogP contribution in [0.4, 0.5) is 11.4 Å². The second kappa shape index (κ2) is 7.44. The molecule has 0 saturated heterocycles. The zero-order valence-corrected chi connectivity index (χ0v) is 16.7. The van der Waals surface area contributed by atoms with Crippen LogP contribution in [0.15, 0.2) is 35.4 Å². The Hall–Kier alpha value is -2.07. The van der Waals surface area contributed by atoms with Crippen molar-refractivity contribution in [3.63, 3.8) is 0 Å². The number of rotatable bonds is 0. The van der Waals surface area contributed by atoms with Crippen molar-refractivity contribution < 1.29 is 0 Å². The maximum absolute atomic E-state index is 7.09. The molecule has 1 aromatic rings. The SMILES string of the molecule is CC(C)(C)c1cc(N)c(N)c(C(C)(C)C)c1.N=C1C=CC(Cl)=CC1=N. The van der Waals surface area contributed by atoms with Crippen LogP contribution in [0.3, 0.4) is 0 Å². The monoisotopic (exact) mass is 360 g/mol. The summed E-state index contributed by atoms with van der Waals surface area (Å²) >= 11 is 5.51. The van der Waals surface area contributed by atoms with Gasteiger partial charge in [0.2, 0.25) is 0 Å². The normalized spacial score (nSPS) is 14.8. The zero-order chi connectivity index (χ0) is 19.6.